The van der Waals surface area contributed by atoms with Crippen molar-refractivity contribution in [2.45, 2.75) is 13.8 Å². The van der Waals surface area contributed by atoms with Gasteiger partial charge in [-0.3, -0.25) is 0 Å². The summed E-state index contributed by atoms with van der Waals surface area (Å²) in [4.78, 5) is 6.83. The molecule has 0 unspecified atom stereocenters. The van der Waals surface area contributed by atoms with Crippen LogP contribution in [-0.4, -0.2) is 18.1 Å². The lowest BCUT2D eigenvalue weighted by atomic mass is 10.3. The predicted octanol–water partition coefficient (Wildman–Crippen LogP) is 3.80. The van der Waals surface area contributed by atoms with Crippen molar-refractivity contribution in [3.05, 3.63) is 23.2 Å². The molecule has 80 valence electrons. The zero-order valence-corrected chi connectivity index (χ0v) is 10.4. The molecule has 0 aliphatic rings. The molecule has 0 aliphatic heterocycles. The Kier molecular flexibility index (Phi) is 3.12. The van der Waals surface area contributed by atoms with E-state index >= 15 is 0 Å². The van der Waals surface area contributed by atoms with Crippen molar-refractivity contribution in [2.75, 3.05) is 18.0 Å². The van der Waals surface area contributed by atoms with Gasteiger partial charge in [-0.1, -0.05) is 22.9 Å². The second-order valence-electron chi connectivity index (χ2n) is 3.28. The third-order valence-electron chi connectivity index (χ3n) is 2.37. The number of hydrogen-bond acceptors (Lipinski definition) is 3. The highest BCUT2D eigenvalue weighted by Gasteiger charge is 2.08. The van der Waals surface area contributed by atoms with Crippen LogP contribution in [0.2, 0.25) is 5.02 Å². The van der Waals surface area contributed by atoms with Crippen LogP contribution >= 0.6 is 22.9 Å². The van der Waals surface area contributed by atoms with Crippen molar-refractivity contribution in [1.82, 2.24) is 4.98 Å². The van der Waals surface area contributed by atoms with Gasteiger partial charge in [0.2, 0.25) is 0 Å². The highest BCUT2D eigenvalue weighted by atomic mass is 35.5. The van der Waals surface area contributed by atoms with E-state index in [-0.39, 0.29) is 0 Å². The SMILES string of the molecule is CCN(CC)c1nc2ccc(Cl)cc2s1. The van der Waals surface area contributed by atoms with Crippen molar-refractivity contribution in [3.8, 4) is 0 Å². The van der Waals surface area contributed by atoms with Gasteiger partial charge in [0.15, 0.2) is 5.13 Å². The number of rotatable bonds is 3. The predicted molar refractivity (Wildman–Crippen MR) is 68.2 cm³/mol. The number of anilines is 1. The monoisotopic (exact) mass is 240 g/mol. The van der Waals surface area contributed by atoms with Crippen LogP contribution in [-0.2, 0) is 0 Å². The average Bonchev–Trinajstić information content (AvgIpc) is 2.62. The minimum atomic E-state index is 0.775. The summed E-state index contributed by atoms with van der Waals surface area (Å²) in [6.07, 6.45) is 0. The number of thiazole rings is 1. The van der Waals surface area contributed by atoms with Crippen LogP contribution in [0, 0.1) is 0 Å². The smallest absolute Gasteiger partial charge is 0.186 e. The molecule has 2 rings (SSSR count). The topological polar surface area (TPSA) is 16.1 Å². The lowest BCUT2D eigenvalue weighted by Gasteiger charge is -2.16. The molecule has 0 bridgehead atoms. The molecular formula is C11H13ClN2S. The normalized spacial score (nSPS) is 10.9. The van der Waals surface area contributed by atoms with E-state index in [4.69, 9.17) is 11.6 Å². The fourth-order valence-electron chi connectivity index (χ4n) is 1.52. The Morgan fingerprint density at radius 1 is 1.33 bits per heavy atom. The van der Waals surface area contributed by atoms with Gasteiger partial charge >= 0.3 is 0 Å². The van der Waals surface area contributed by atoms with Gasteiger partial charge in [0.1, 0.15) is 0 Å². The van der Waals surface area contributed by atoms with Crippen LogP contribution in [0.3, 0.4) is 0 Å². The first-order valence-electron chi connectivity index (χ1n) is 5.05. The molecule has 1 aromatic heterocycles. The molecule has 15 heavy (non-hydrogen) atoms. The number of fused-ring (bicyclic) bond motifs is 1. The van der Waals surface area contributed by atoms with Crippen molar-refractivity contribution in [2.24, 2.45) is 0 Å². The molecule has 0 fully saturated rings. The summed E-state index contributed by atoms with van der Waals surface area (Å²) in [6.45, 7) is 6.26. The highest BCUT2D eigenvalue weighted by Crippen LogP contribution is 2.30. The first-order chi connectivity index (χ1) is 7.24. The summed E-state index contributed by atoms with van der Waals surface area (Å²) in [5.74, 6) is 0. The van der Waals surface area contributed by atoms with E-state index in [0.717, 1.165) is 33.5 Å². The van der Waals surface area contributed by atoms with Gasteiger partial charge in [-0.05, 0) is 32.0 Å². The van der Waals surface area contributed by atoms with E-state index in [2.05, 4.69) is 23.7 Å². The summed E-state index contributed by atoms with van der Waals surface area (Å²) < 4.78 is 1.16. The number of benzene rings is 1. The fraction of sp³-hybridized carbons (Fsp3) is 0.364. The molecule has 0 saturated carbocycles. The Morgan fingerprint density at radius 3 is 2.73 bits per heavy atom. The van der Waals surface area contributed by atoms with Crippen LogP contribution in [0.4, 0.5) is 5.13 Å². The summed E-state index contributed by atoms with van der Waals surface area (Å²) >= 11 is 7.64. The van der Waals surface area contributed by atoms with Crippen LogP contribution in [0.5, 0.6) is 0 Å². The molecule has 1 heterocycles. The molecule has 0 radical (unpaired) electrons. The van der Waals surface area contributed by atoms with Crippen LogP contribution < -0.4 is 4.90 Å². The van der Waals surface area contributed by atoms with E-state index in [9.17, 15) is 0 Å². The van der Waals surface area contributed by atoms with Crippen molar-refractivity contribution in [3.63, 3.8) is 0 Å². The molecule has 2 aromatic rings. The molecule has 1 aromatic carbocycles. The first kappa shape index (κ1) is 10.7. The van der Waals surface area contributed by atoms with E-state index in [1.54, 1.807) is 11.3 Å². The molecular weight excluding hydrogens is 228 g/mol. The van der Waals surface area contributed by atoms with Gasteiger partial charge in [0.25, 0.3) is 0 Å². The lowest BCUT2D eigenvalue weighted by molar-refractivity contribution is 0.862. The molecule has 0 amide bonds. The molecule has 0 atom stereocenters. The largest absolute Gasteiger partial charge is 0.349 e. The minimum absolute atomic E-state index is 0.775. The maximum Gasteiger partial charge on any atom is 0.186 e. The van der Waals surface area contributed by atoms with E-state index in [1.165, 1.54) is 0 Å². The third kappa shape index (κ3) is 2.08. The Morgan fingerprint density at radius 2 is 2.07 bits per heavy atom. The second-order valence-corrected chi connectivity index (χ2v) is 4.73. The maximum atomic E-state index is 5.94. The van der Waals surface area contributed by atoms with Crippen LogP contribution in [0.1, 0.15) is 13.8 Å². The summed E-state index contributed by atoms with van der Waals surface area (Å²) in [6, 6.07) is 5.83. The van der Waals surface area contributed by atoms with Crippen molar-refractivity contribution < 1.29 is 0 Å². The third-order valence-corrected chi connectivity index (χ3v) is 3.69. The number of halogens is 1. The zero-order valence-electron chi connectivity index (χ0n) is 8.83. The van der Waals surface area contributed by atoms with Gasteiger partial charge in [0, 0.05) is 18.1 Å². The lowest BCUT2D eigenvalue weighted by Crippen LogP contribution is -2.21. The summed E-state index contributed by atoms with van der Waals surface area (Å²) in [5, 5.41) is 1.86. The molecule has 0 N–H and O–H groups in total. The summed E-state index contributed by atoms with van der Waals surface area (Å²) in [5.41, 5.74) is 1.03. The average molecular weight is 241 g/mol. The maximum absolute atomic E-state index is 5.94. The number of nitrogens with zero attached hydrogens (tertiary/aromatic N) is 2. The van der Waals surface area contributed by atoms with E-state index < -0.39 is 0 Å². The van der Waals surface area contributed by atoms with E-state index in [0.29, 0.717) is 0 Å². The molecule has 2 nitrogen and oxygen atoms in total. The van der Waals surface area contributed by atoms with Gasteiger partial charge in [-0.2, -0.15) is 0 Å². The van der Waals surface area contributed by atoms with Crippen LogP contribution in [0.15, 0.2) is 18.2 Å². The van der Waals surface area contributed by atoms with Crippen molar-refractivity contribution in [1.29, 1.82) is 0 Å². The Labute approximate surface area is 98.5 Å². The fourth-order valence-corrected chi connectivity index (χ4v) is 2.88. The minimum Gasteiger partial charge on any atom is -0.349 e. The van der Waals surface area contributed by atoms with E-state index in [1.807, 2.05) is 18.2 Å². The standard InChI is InChI=1S/C11H13ClN2S/c1-3-14(4-2)11-13-9-6-5-8(12)7-10(9)15-11/h5-7H,3-4H2,1-2H3. The van der Waals surface area contributed by atoms with Crippen LogP contribution in [0.25, 0.3) is 10.2 Å². The first-order valence-corrected chi connectivity index (χ1v) is 6.25. The molecule has 0 spiro atoms. The molecule has 0 saturated heterocycles. The number of hydrogen-bond donors (Lipinski definition) is 0. The van der Waals surface area contributed by atoms with Gasteiger partial charge < -0.3 is 4.90 Å². The second kappa shape index (κ2) is 4.37. The molecule has 0 aliphatic carbocycles. The van der Waals surface area contributed by atoms with Crippen molar-refractivity contribution >= 4 is 38.3 Å². The Bertz CT molecular complexity index is 463. The highest BCUT2D eigenvalue weighted by molar-refractivity contribution is 7.22. The number of aromatic nitrogens is 1. The summed E-state index contributed by atoms with van der Waals surface area (Å²) in [7, 11) is 0. The Balaban J connectivity index is 2.46. The van der Waals surface area contributed by atoms with Gasteiger partial charge in [-0.25, -0.2) is 4.98 Å². The zero-order chi connectivity index (χ0) is 10.8. The Hall–Kier alpha value is -0.800. The van der Waals surface area contributed by atoms with Gasteiger partial charge in [-0.15, -0.1) is 0 Å². The quantitative estimate of drug-likeness (QED) is 0.812. The van der Waals surface area contributed by atoms with Gasteiger partial charge in [0.05, 0.1) is 10.2 Å². The molecule has 4 heteroatoms.